The van der Waals surface area contributed by atoms with Crippen LogP contribution in [-0.4, -0.2) is 23.4 Å². The van der Waals surface area contributed by atoms with Crippen LogP contribution in [0.15, 0.2) is 4.52 Å². The average Bonchev–Trinajstić information content (AvgIpc) is 2.59. The summed E-state index contributed by atoms with van der Waals surface area (Å²) in [5.74, 6) is 1.03. The van der Waals surface area contributed by atoms with Crippen LogP contribution in [0.1, 0.15) is 36.0 Å². The summed E-state index contributed by atoms with van der Waals surface area (Å²) in [6, 6.07) is 0. The minimum atomic E-state index is -0.441. The minimum Gasteiger partial charge on any atom is -0.388 e. The molecule has 0 saturated carbocycles. The summed E-state index contributed by atoms with van der Waals surface area (Å²) < 4.78 is 5.08. The molecule has 1 aromatic heterocycles. The van der Waals surface area contributed by atoms with E-state index in [1.54, 1.807) is 0 Å². The molecule has 0 aliphatic carbocycles. The van der Waals surface area contributed by atoms with E-state index < -0.39 is 6.10 Å². The summed E-state index contributed by atoms with van der Waals surface area (Å²) in [6.07, 6.45) is 1.76. The van der Waals surface area contributed by atoms with Crippen molar-refractivity contribution in [2.45, 2.75) is 32.8 Å². The topological polar surface area (TPSA) is 58.3 Å². The molecule has 84 valence electrons. The summed E-state index contributed by atoms with van der Waals surface area (Å²) in [6.45, 7) is 5.68. The predicted octanol–water partition coefficient (Wildman–Crippen LogP) is 1.32. The van der Waals surface area contributed by atoms with E-state index in [-0.39, 0.29) is 5.92 Å². The highest BCUT2D eigenvalue weighted by atomic mass is 16.5. The molecule has 2 rings (SSSR count). The Morgan fingerprint density at radius 2 is 2.33 bits per heavy atom. The van der Waals surface area contributed by atoms with Gasteiger partial charge in [-0.3, -0.25) is 0 Å². The molecule has 0 radical (unpaired) electrons. The minimum absolute atomic E-state index is 0.288. The van der Waals surface area contributed by atoms with Crippen molar-refractivity contribution < 1.29 is 9.63 Å². The number of aryl methyl sites for hydroxylation is 2. The molecule has 0 aromatic carbocycles. The summed E-state index contributed by atoms with van der Waals surface area (Å²) in [4.78, 5) is 0. The van der Waals surface area contributed by atoms with Crippen LogP contribution in [0, 0.1) is 19.8 Å². The van der Waals surface area contributed by atoms with Crippen molar-refractivity contribution in [3.05, 3.63) is 17.0 Å². The van der Waals surface area contributed by atoms with Gasteiger partial charge in [0, 0.05) is 18.0 Å². The van der Waals surface area contributed by atoms with E-state index in [0.29, 0.717) is 0 Å². The Balaban J connectivity index is 2.15. The number of hydrogen-bond acceptors (Lipinski definition) is 4. The van der Waals surface area contributed by atoms with Gasteiger partial charge in [-0.05, 0) is 33.2 Å². The van der Waals surface area contributed by atoms with Gasteiger partial charge in [0.15, 0.2) is 0 Å². The van der Waals surface area contributed by atoms with Gasteiger partial charge in [0.05, 0.1) is 11.8 Å². The number of rotatable bonds is 2. The van der Waals surface area contributed by atoms with Crippen LogP contribution >= 0.6 is 0 Å². The van der Waals surface area contributed by atoms with Gasteiger partial charge in [0.2, 0.25) is 0 Å². The largest absolute Gasteiger partial charge is 0.388 e. The molecule has 15 heavy (non-hydrogen) atoms. The summed E-state index contributed by atoms with van der Waals surface area (Å²) in [7, 11) is 0. The highest BCUT2D eigenvalue weighted by Crippen LogP contribution is 2.30. The van der Waals surface area contributed by atoms with Crippen molar-refractivity contribution >= 4 is 0 Å². The van der Waals surface area contributed by atoms with Crippen molar-refractivity contribution in [1.82, 2.24) is 10.5 Å². The first-order valence-corrected chi connectivity index (χ1v) is 5.51. The second kappa shape index (κ2) is 4.33. The first kappa shape index (κ1) is 10.6. The number of nitrogens with zero attached hydrogens (tertiary/aromatic N) is 1. The molecule has 2 heterocycles. The van der Waals surface area contributed by atoms with E-state index >= 15 is 0 Å². The molecular formula is C11H18N2O2. The molecule has 0 amide bonds. The molecule has 1 saturated heterocycles. The molecule has 4 nitrogen and oxygen atoms in total. The van der Waals surface area contributed by atoms with Gasteiger partial charge in [-0.2, -0.15) is 0 Å². The van der Waals surface area contributed by atoms with Crippen molar-refractivity contribution in [2.24, 2.45) is 5.92 Å². The fraction of sp³-hybridized carbons (Fsp3) is 0.727. The summed E-state index contributed by atoms with van der Waals surface area (Å²) in [5.41, 5.74) is 1.69. The van der Waals surface area contributed by atoms with Crippen LogP contribution in [0.4, 0.5) is 0 Å². The average molecular weight is 210 g/mol. The standard InChI is InChI=1S/C11H18N2O2/c1-7-10(8(2)15-13-7)11(14)9-4-3-5-12-6-9/h9,11-12,14H,3-6H2,1-2H3. The van der Waals surface area contributed by atoms with E-state index in [9.17, 15) is 5.11 Å². The third kappa shape index (κ3) is 2.06. The maximum Gasteiger partial charge on any atom is 0.139 e. The lowest BCUT2D eigenvalue weighted by Gasteiger charge is -2.27. The third-order valence-electron chi connectivity index (χ3n) is 3.17. The van der Waals surface area contributed by atoms with Crippen LogP contribution in [0.2, 0.25) is 0 Å². The monoisotopic (exact) mass is 210 g/mol. The number of aliphatic hydroxyl groups is 1. The van der Waals surface area contributed by atoms with Crippen molar-refractivity contribution in [1.29, 1.82) is 0 Å². The maximum atomic E-state index is 10.3. The Kier molecular flexibility index (Phi) is 3.07. The third-order valence-corrected chi connectivity index (χ3v) is 3.17. The number of nitrogens with one attached hydrogen (secondary N) is 1. The zero-order valence-electron chi connectivity index (χ0n) is 9.29. The predicted molar refractivity (Wildman–Crippen MR) is 56.5 cm³/mol. The number of hydrogen-bond donors (Lipinski definition) is 2. The molecule has 1 aliphatic rings. The molecule has 1 fully saturated rings. The Morgan fingerprint density at radius 3 is 2.87 bits per heavy atom. The zero-order chi connectivity index (χ0) is 10.8. The normalized spacial score (nSPS) is 24.1. The van der Waals surface area contributed by atoms with Crippen LogP contribution in [0.5, 0.6) is 0 Å². The molecule has 2 atom stereocenters. The fourth-order valence-electron chi connectivity index (χ4n) is 2.30. The van der Waals surface area contributed by atoms with Gasteiger partial charge in [0.1, 0.15) is 5.76 Å². The van der Waals surface area contributed by atoms with Crippen molar-refractivity contribution in [3.8, 4) is 0 Å². The lowest BCUT2D eigenvalue weighted by molar-refractivity contribution is 0.0903. The molecule has 0 bridgehead atoms. The van der Waals surface area contributed by atoms with E-state index in [2.05, 4.69) is 10.5 Å². The van der Waals surface area contributed by atoms with E-state index in [0.717, 1.165) is 42.9 Å². The van der Waals surface area contributed by atoms with Gasteiger partial charge >= 0.3 is 0 Å². The van der Waals surface area contributed by atoms with Crippen molar-refractivity contribution in [2.75, 3.05) is 13.1 Å². The molecule has 4 heteroatoms. The first-order valence-electron chi connectivity index (χ1n) is 5.51. The highest BCUT2D eigenvalue weighted by Gasteiger charge is 2.27. The number of piperidine rings is 1. The Bertz CT molecular complexity index is 310. The van der Waals surface area contributed by atoms with Gasteiger partial charge in [0.25, 0.3) is 0 Å². The van der Waals surface area contributed by atoms with Crippen LogP contribution < -0.4 is 5.32 Å². The van der Waals surface area contributed by atoms with E-state index in [4.69, 9.17) is 4.52 Å². The highest BCUT2D eigenvalue weighted by molar-refractivity contribution is 5.24. The van der Waals surface area contributed by atoms with E-state index in [1.807, 2.05) is 13.8 Å². The van der Waals surface area contributed by atoms with Gasteiger partial charge in [-0.25, -0.2) is 0 Å². The molecule has 1 aromatic rings. The Hall–Kier alpha value is -0.870. The maximum absolute atomic E-state index is 10.3. The SMILES string of the molecule is Cc1noc(C)c1C(O)C1CCCNC1. The molecule has 1 aliphatic heterocycles. The first-order chi connectivity index (χ1) is 7.20. The second-order valence-corrected chi connectivity index (χ2v) is 4.29. The lowest BCUT2D eigenvalue weighted by Crippen LogP contribution is -2.33. The van der Waals surface area contributed by atoms with Gasteiger partial charge < -0.3 is 14.9 Å². The fourth-order valence-corrected chi connectivity index (χ4v) is 2.30. The summed E-state index contributed by atoms with van der Waals surface area (Å²) in [5, 5.41) is 17.4. The molecule has 2 N–H and O–H groups in total. The zero-order valence-corrected chi connectivity index (χ0v) is 9.29. The van der Waals surface area contributed by atoms with Crippen molar-refractivity contribution in [3.63, 3.8) is 0 Å². The number of aliphatic hydroxyl groups excluding tert-OH is 1. The molecule has 0 spiro atoms. The molecule has 2 unspecified atom stereocenters. The van der Waals surface area contributed by atoms with Gasteiger partial charge in [-0.15, -0.1) is 0 Å². The van der Waals surface area contributed by atoms with Crippen LogP contribution in [0.3, 0.4) is 0 Å². The van der Waals surface area contributed by atoms with Crippen LogP contribution in [0.25, 0.3) is 0 Å². The van der Waals surface area contributed by atoms with Gasteiger partial charge in [-0.1, -0.05) is 5.16 Å². The smallest absolute Gasteiger partial charge is 0.139 e. The second-order valence-electron chi connectivity index (χ2n) is 4.29. The van der Waals surface area contributed by atoms with E-state index in [1.165, 1.54) is 0 Å². The quantitative estimate of drug-likeness (QED) is 0.773. The lowest BCUT2D eigenvalue weighted by atomic mass is 9.89. The Morgan fingerprint density at radius 1 is 1.53 bits per heavy atom. The molecular weight excluding hydrogens is 192 g/mol. The Labute approximate surface area is 89.7 Å². The summed E-state index contributed by atoms with van der Waals surface area (Å²) >= 11 is 0. The number of aromatic nitrogens is 1. The van der Waals surface area contributed by atoms with Crippen LogP contribution in [-0.2, 0) is 0 Å².